The minimum absolute atomic E-state index is 0.0550. The second-order valence-electron chi connectivity index (χ2n) is 7.67. The molecule has 1 atom stereocenters. The van der Waals surface area contributed by atoms with Crippen LogP contribution in [0.4, 0.5) is 0 Å². The van der Waals surface area contributed by atoms with E-state index in [-0.39, 0.29) is 24.3 Å². The van der Waals surface area contributed by atoms with Gasteiger partial charge in [0.05, 0.1) is 0 Å². The molecule has 1 heterocycles. The summed E-state index contributed by atoms with van der Waals surface area (Å²) < 4.78 is 5.32. The Morgan fingerprint density at radius 2 is 1.53 bits per heavy atom. The van der Waals surface area contributed by atoms with Gasteiger partial charge in [-0.25, -0.2) is 0 Å². The third-order valence-electron chi connectivity index (χ3n) is 5.34. The smallest absolute Gasteiger partial charge is 0.227 e. The average Bonchev–Trinajstić information content (AvgIpc) is 3.29. The van der Waals surface area contributed by atoms with E-state index in [1.54, 1.807) is 12.1 Å². The van der Waals surface area contributed by atoms with E-state index in [1.165, 1.54) is 0 Å². The van der Waals surface area contributed by atoms with Gasteiger partial charge in [-0.15, -0.1) is 0 Å². The van der Waals surface area contributed by atoms with Crippen LogP contribution < -0.4 is 5.32 Å². The maximum absolute atomic E-state index is 12.7. The first-order valence-electron chi connectivity index (χ1n) is 10.6. The first-order valence-corrected chi connectivity index (χ1v) is 11.0. The van der Waals surface area contributed by atoms with Crippen LogP contribution in [0, 0.1) is 0 Å². The number of aryl methyl sites for hydroxylation is 1. The van der Waals surface area contributed by atoms with Crippen LogP contribution in [0.1, 0.15) is 36.3 Å². The zero-order valence-corrected chi connectivity index (χ0v) is 18.5. The summed E-state index contributed by atoms with van der Waals surface area (Å²) in [5.41, 5.74) is 3.14. The Labute approximate surface area is 192 Å². The number of nitrogens with zero attached hydrogens (tertiary/aromatic N) is 2. The molecule has 1 aromatic heterocycles. The van der Waals surface area contributed by atoms with Crippen LogP contribution in [0.3, 0.4) is 0 Å². The van der Waals surface area contributed by atoms with E-state index in [4.69, 9.17) is 16.1 Å². The van der Waals surface area contributed by atoms with Crippen molar-refractivity contribution in [1.82, 2.24) is 15.5 Å². The van der Waals surface area contributed by atoms with Crippen molar-refractivity contribution < 1.29 is 9.32 Å². The lowest BCUT2D eigenvalue weighted by molar-refractivity contribution is -0.121. The topological polar surface area (TPSA) is 68.0 Å². The van der Waals surface area contributed by atoms with E-state index in [2.05, 4.69) is 39.7 Å². The van der Waals surface area contributed by atoms with Crippen LogP contribution in [-0.4, -0.2) is 22.1 Å². The molecule has 5 nitrogen and oxygen atoms in total. The second-order valence-corrected chi connectivity index (χ2v) is 8.11. The van der Waals surface area contributed by atoms with Gasteiger partial charge in [0.15, 0.2) is 0 Å². The lowest BCUT2D eigenvalue weighted by Crippen LogP contribution is -2.37. The van der Waals surface area contributed by atoms with Gasteiger partial charge in [-0.2, -0.15) is 4.98 Å². The number of carbonyl (C=O) groups is 1. The number of amides is 1. The summed E-state index contributed by atoms with van der Waals surface area (Å²) in [6, 6.07) is 27.6. The number of benzene rings is 3. The molecule has 1 amide bonds. The molecule has 0 radical (unpaired) electrons. The van der Waals surface area contributed by atoms with Crippen LogP contribution >= 0.6 is 11.6 Å². The third kappa shape index (κ3) is 5.42. The number of aromatic nitrogens is 2. The van der Waals surface area contributed by atoms with Crippen LogP contribution in [0.25, 0.3) is 11.4 Å². The van der Waals surface area contributed by atoms with Crippen molar-refractivity contribution in [3.8, 4) is 11.4 Å². The van der Waals surface area contributed by atoms with Gasteiger partial charge in [-0.1, -0.05) is 77.4 Å². The van der Waals surface area contributed by atoms with Gasteiger partial charge < -0.3 is 9.84 Å². The summed E-state index contributed by atoms with van der Waals surface area (Å²) in [6.45, 7) is 2.04. The Hall–Kier alpha value is -3.44. The summed E-state index contributed by atoms with van der Waals surface area (Å²) >= 11 is 5.92. The minimum atomic E-state index is -0.0837. The van der Waals surface area contributed by atoms with Gasteiger partial charge in [0.25, 0.3) is 0 Å². The molecule has 1 unspecified atom stereocenters. The van der Waals surface area contributed by atoms with E-state index >= 15 is 0 Å². The van der Waals surface area contributed by atoms with Gasteiger partial charge >= 0.3 is 0 Å². The highest BCUT2D eigenvalue weighted by Gasteiger charge is 2.23. The molecule has 4 rings (SSSR count). The number of nitrogens with one attached hydrogen (secondary N) is 1. The zero-order chi connectivity index (χ0) is 22.3. The van der Waals surface area contributed by atoms with Gasteiger partial charge in [0.2, 0.25) is 17.6 Å². The fourth-order valence-electron chi connectivity index (χ4n) is 3.79. The molecule has 0 fully saturated rings. The fourth-order valence-corrected chi connectivity index (χ4v) is 3.92. The van der Waals surface area contributed by atoms with Crippen LogP contribution in [0.5, 0.6) is 0 Å². The van der Waals surface area contributed by atoms with Crippen LogP contribution in [0.15, 0.2) is 89.5 Å². The number of rotatable bonds is 8. The molecule has 0 saturated heterocycles. The highest BCUT2D eigenvalue weighted by Crippen LogP contribution is 2.28. The maximum atomic E-state index is 12.7. The Morgan fingerprint density at radius 1 is 0.938 bits per heavy atom. The summed E-state index contributed by atoms with van der Waals surface area (Å²) in [5.74, 6) is 0.918. The first-order chi connectivity index (χ1) is 15.6. The molecule has 0 aliphatic carbocycles. The molecule has 0 aliphatic heterocycles. The lowest BCUT2D eigenvalue weighted by Gasteiger charge is -2.26. The Morgan fingerprint density at radius 3 is 2.12 bits per heavy atom. The Bertz CT molecular complexity index is 1110. The standard InChI is InChI=1S/C26H24ClN3O2/c1-18(25(19-8-4-2-5-9-19)20-10-6-3-7-11-20)28-23(31)16-17-24-29-26(30-32-24)21-12-14-22(27)15-13-21/h2-15,18,25H,16-17H2,1H3,(H,28,31). The second kappa shape index (κ2) is 10.2. The van der Waals surface area contributed by atoms with Gasteiger partial charge in [0.1, 0.15) is 0 Å². The molecule has 0 bridgehead atoms. The summed E-state index contributed by atoms with van der Waals surface area (Å²) in [6.07, 6.45) is 0.642. The summed E-state index contributed by atoms with van der Waals surface area (Å²) in [5, 5.41) is 7.80. The quantitative estimate of drug-likeness (QED) is 0.380. The molecule has 0 spiro atoms. The number of hydrogen-bond donors (Lipinski definition) is 1. The van der Waals surface area contributed by atoms with Crippen molar-refractivity contribution in [2.45, 2.75) is 31.7 Å². The lowest BCUT2D eigenvalue weighted by atomic mass is 9.86. The molecule has 0 aliphatic rings. The van der Waals surface area contributed by atoms with Crippen molar-refractivity contribution in [2.75, 3.05) is 0 Å². The molecule has 1 N–H and O–H groups in total. The van der Waals surface area contributed by atoms with E-state index < -0.39 is 0 Å². The van der Waals surface area contributed by atoms with E-state index in [1.807, 2.05) is 55.5 Å². The summed E-state index contributed by atoms with van der Waals surface area (Å²) in [4.78, 5) is 17.1. The molecule has 162 valence electrons. The largest absolute Gasteiger partial charge is 0.353 e. The number of hydrogen-bond acceptors (Lipinski definition) is 4. The SMILES string of the molecule is CC(NC(=O)CCc1nc(-c2ccc(Cl)cc2)no1)C(c1ccccc1)c1ccccc1. The third-order valence-corrected chi connectivity index (χ3v) is 5.59. The molecule has 4 aromatic rings. The minimum Gasteiger partial charge on any atom is -0.353 e. The highest BCUT2D eigenvalue weighted by molar-refractivity contribution is 6.30. The molecular formula is C26H24ClN3O2. The summed E-state index contributed by atoms with van der Waals surface area (Å²) in [7, 11) is 0. The number of halogens is 1. The molecule has 32 heavy (non-hydrogen) atoms. The molecule has 0 saturated carbocycles. The van der Waals surface area contributed by atoms with Crippen LogP contribution in [0.2, 0.25) is 5.02 Å². The monoisotopic (exact) mass is 445 g/mol. The molecule has 6 heteroatoms. The van der Waals surface area contributed by atoms with E-state index in [0.29, 0.717) is 23.2 Å². The van der Waals surface area contributed by atoms with Gasteiger partial charge in [-0.3, -0.25) is 4.79 Å². The van der Waals surface area contributed by atoms with E-state index in [9.17, 15) is 4.79 Å². The van der Waals surface area contributed by atoms with Crippen molar-refractivity contribution in [3.05, 3.63) is 107 Å². The normalized spacial score (nSPS) is 12.0. The molecule has 3 aromatic carbocycles. The molecular weight excluding hydrogens is 422 g/mol. The van der Waals surface area contributed by atoms with Crippen LogP contribution in [-0.2, 0) is 11.2 Å². The highest BCUT2D eigenvalue weighted by atomic mass is 35.5. The maximum Gasteiger partial charge on any atom is 0.227 e. The Balaban J connectivity index is 1.39. The van der Waals surface area contributed by atoms with Crippen molar-refractivity contribution in [1.29, 1.82) is 0 Å². The van der Waals surface area contributed by atoms with Crippen molar-refractivity contribution in [2.24, 2.45) is 0 Å². The average molecular weight is 446 g/mol. The first kappa shape index (κ1) is 21.8. The van der Waals surface area contributed by atoms with Gasteiger partial charge in [-0.05, 0) is 42.3 Å². The van der Waals surface area contributed by atoms with Gasteiger partial charge in [0, 0.05) is 35.4 Å². The fraction of sp³-hybridized carbons (Fsp3) is 0.192. The van der Waals surface area contributed by atoms with Crippen molar-refractivity contribution >= 4 is 17.5 Å². The van der Waals surface area contributed by atoms with Crippen molar-refractivity contribution in [3.63, 3.8) is 0 Å². The number of carbonyl (C=O) groups excluding carboxylic acids is 1. The zero-order valence-electron chi connectivity index (χ0n) is 17.7. The predicted molar refractivity (Wildman–Crippen MR) is 125 cm³/mol. The Kier molecular flexibility index (Phi) is 6.97. The van der Waals surface area contributed by atoms with E-state index in [0.717, 1.165) is 16.7 Å². The predicted octanol–water partition coefficient (Wildman–Crippen LogP) is 5.66.